The summed E-state index contributed by atoms with van der Waals surface area (Å²) < 4.78 is 5.39. The van der Waals surface area contributed by atoms with Gasteiger partial charge in [0.2, 0.25) is 0 Å². The van der Waals surface area contributed by atoms with E-state index < -0.39 is 0 Å². The highest BCUT2D eigenvalue weighted by molar-refractivity contribution is 6.29. The van der Waals surface area contributed by atoms with Crippen molar-refractivity contribution in [1.82, 2.24) is 9.88 Å². The van der Waals surface area contributed by atoms with E-state index in [1.165, 1.54) is 6.20 Å². The topological polar surface area (TPSA) is 42.4 Å². The van der Waals surface area contributed by atoms with Gasteiger partial charge in [-0.05, 0) is 36.8 Å². The van der Waals surface area contributed by atoms with Gasteiger partial charge in [-0.2, -0.15) is 0 Å². The molecule has 1 aromatic carbocycles. The molecule has 5 heteroatoms. The molecule has 0 saturated carbocycles. The van der Waals surface area contributed by atoms with E-state index in [0.717, 1.165) is 11.3 Å². The maximum absolute atomic E-state index is 12.3. The van der Waals surface area contributed by atoms with Crippen LogP contribution in [-0.4, -0.2) is 29.4 Å². The van der Waals surface area contributed by atoms with Crippen molar-refractivity contribution in [3.8, 4) is 5.75 Å². The predicted molar refractivity (Wildman–Crippen MR) is 82.7 cm³/mol. The van der Waals surface area contributed by atoms with Crippen LogP contribution in [0.2, 0.25) is 5.15 Å². The van der Waals surface area contributed by atoms with E-state index >= 15 is 0 Å². The molecule has 21 heavy (non-hydrogen) atoms. The summed E-state index contributed by atoms with van der Waals surface area (Å²) in [5, 5.41) is 0.315. The Bertz CT molecular complexity index is 614. The van der Waals surface area contributed by atoms with E-state index in [9.17, 15) is 4.79 Å². The highest BCUT2D eigenvalue weighted by atomic mass is 35.5. The van der Waals surface area contributed by atoms with Crippen LogP contribution in [0, 0.1) is 0 Å². The normalized spacial score (nSPS) is 10.2. The van der Waals surface area contributed by atoms with Gasteiger partial charge >= 0.3 is 0 Å². The van der Waals surface area contributed by atoms with Crippen LogP contribution >= 0.6 is 11.6 Å². The lowest BCUT2D eigenvalue weighted by molar-refractivity contribution is 0.0785. The molecule has 0 aliphatic heterocycles. The number of ether oxygens (including phenoxy) is 1. The molecule has 0 aliphatic rings. The second kappa shape index (κ2) is 7.09. The molecule has 0 saturated heterocycles. The van der Waals surface area contributed by atoms with Gasteiger partial charge in [0.25, 0.3) is 5.91 Å². The third-order valence-corrected chi connectivity index (χ3v) is 3.18. The summed E-state index contributed by atoms with van der Waals surface area (Å²) in [5.41, 5.74) is 1.57. The maximum Gasteiger partial charge on any atom is 0.254 e. The molecule has 0 bridgehead atoms. The molecular weight excluding hydrogens is 288 g/mol. The maximum atomic E-state index is 12.3. The van der Waals surface area contributed by atoms with Gasteiger partial charge in [-0.3, -0.25) is 4.79 Å². The summed E-state index contributed by atoms with van der Waals surface area (Å²) in [6.07, 6.45) is 1.53. The largest absolute Gasteiger partial charge is 0.494 e. The number of carbonyl (C=O) groups excluding carboxylic acids is 1. The Kier molecular flexibility index (Phi) is 5.17. The molecule has 1 amide bonds. The molecule has 0 spiro atoms. The van der Waals surface area contributed by atoms with Gasteiger partial charge < -0.3 is 9.64 Å². The Balaban J connectivity index is 2.03. The summed E-state index contributed by atoms with van der Waals surface area (Å²) in [6, 6.07) is 10.9. The molecule has 2 rings (SSSR count). The van der Waals surface area contributed by atoms with E-state index in [1.54, 1.807) is 24.1 Å². The van der Waals surface area contributed by atoms with Gasteiger partial charge in [-0.25, -0.2) is 4.98 Å². The fourth-order valence-corrected chi connectivity index (χ4v) is 2.13. The summed E-state index contributed by atoms with van der Waals surface area (Å²) >= 11 is 5.81. The molecule has 2 aromatic rings. The summed E-state index contributed by atoms with van der Waals surface area (Å²) in [5.74, 6) is 0.740. The summed E-state index contributed by atoms with van der Waals surface area (Å²) in [7, 11) is 1.76. The highest BCUT2D eigenvalue weighted by Gasteiger charge is 2.12. The molecule has 0 unspecified atom stereocenters. The number of rotatable bonds is 5. The molecule has 0 radical (unpaired) electrons. The van der Waals surface area contributed by atoms with Gasteiger partial charge in [0.15, 0.2) is 0 Å². The van der Waals surface area contributed by atoms with Crippen molar-refractivity contribution in [1.29, 1.82) is 0 Å². The standard InChI is InChI=1S/C16H17ClN2O2/c1-3-21-14-6-4-12(5-7-14)11-19(2)16(20)13-8-9-18-15(17)10-13/h4-10H,3,11H2,1-2H3. The first-order chi connectivity index (χ1) is 10.1. The minimum Gasteiger partial charge on any atom is -0.494 e. The number of aromatic nitrogens is 1. The molecule has 1 heterocycles. The zero-order chi connectivity index (χ0) is 15.2. The van der Waals surface area contributed by atoms with E-state index in [2.05, 4.69) is 4.98 Å². The molecule has 1 aromatic heterocycles. The van der Waals surface area contributed by atoms with E-state index in [4.69, 9.17) is 16.3 Å². The second-order valence-corrected chi connectivity index (χ2v) is 4.99. The summed E-state index contributed by atoms with van der Waals surface area (Å²) in [4.78, 5) is 17.8. The van der Waals surface area contributed by atoms with E-state index in [-0.39, 0.29) is 5.91 Å². The van der Waals surface area contributed by atoms with Crippen molar-refractivity contribution in [2.45, 2.75) is 13.5 Å². The smallest absolute Gasteiger partial charge is 0.254 e. The average molecular weight is 305 g/mol. The number of hydrogen-bond donors (Lipinski definition) is 0. The van der Waals surface area contributed by atoms with Crippen LogP contribution in [0.15, 0.2) is 42.6 Å². The molecule has 0 aliphatic carbocycles. The first kappa shape index (κ1) is 15.3. The lowest BCUT2D eigenvalue weighted by atomic mass is 10.2. The first-order valence-corrected chi connectivity index (χ1v) is 7.06. The monoisotopic (exact) mass is 304 g/mol. The Morgan fingerprint density at radius 1 is 1.29 bits per heavy atom. The van der Waals surface area contributed by atoms with Crippen molar-refractivity contribution in [3.05, 3.63) is 58.9 Å². The summed E-state index contributed by atoms with van der Waals surface area (Å²) in [6.45, 7) is 3.10. The van der Waals surface area contributed by atoms with Crippen molar-refractivity contribution < 1.29 is 9.53 Å². The van der Waals surface area contributed by atoms with Crippen LogP contribution in [0.3, 0.4) is 0 Å². The van der Waals surface area contributed by atoms with Crippen LogP contribution in [0.4, 0.5) is 0 Å². The number of nitrogens with zero attached hydrogens (tertiary/aromatic N) is 2. The first-order valence-electron chi connectivity index (χ1n) is 6.69. The molecular formula is C16H17ClN2O2. The van der Waals surface area contributed by atoms with Gasteiger partial charge in [0.1, 0.15) is 10.9 Å². The van der Waals surface area contributed by atoms with Crippen LogP contribution in [0.5, 0.6) is 5.75 Å². The number of benzene rings is 1. The van der Waals surface area contributed by atoms with Crippen LogP contribution < -0.4 is 4.74 Å². The number of halogens is 1. The molecule has 4 nitrogen and oxygen atoms in total. The molecule has 0 atom stereocenters. The zero-order valence-corrected chi connectivity index (χ0v) is 12.8. The fraction of sp³-hybridized carbons (Fsp3) is 0.250. The van der Waals surface area contributed by atoms with E-state index in [0.29, 0.717) is 23.9 Å². The molecule has 110 valence electrons. The SMILES string of the molecule is CCOc1ccc(CN(C)C(=O)c2ccnc(Cl)c2)cc1. The predicted octanol–water partition coefficient (Wildman–Crippen LogP) is 3.41. The average Bonchev–Trinajstić information content (AvgIpc) is 2.48. The van der Waals surface area contributed by atoms with Gasteiger partial charge in [0, 0.05) is 25.4 Å². The highest BCUT2D eigenvalue weighted by Crippen LogP contribution is 2.15. The van der Waals surface area contributed by atoms with Crippen molar-refractivity contribution in [2.75, 3.05) is 13.7 Å². The van der Waals surface area contributed by atoms with Gasteiger partial charge in [-0.1, -0.05) is 23.7 Å². The van der Waals surface area contributed by atoms with Crippen molar-refractivity contribution in [3.63, 3.8) is 0 Å². The Labute approximate surface area is 129 Å². The third kappa shape index (κ3) is 4.20. The van der Waals surface area contributed by atoms with Gasteiger partial charge in [-0.15, -0.1) is 0 Å². The Morgan fingerprint density at radius 2 is 2.00 bits per heavy atom. The minimum atomic E-state index is -0.0896. The van der Waals surface area contributed by atoms with Crippen LogP contribution in [0.25, 0.3) is 0 Å². The molecule has 0 fully saturated rings. The van der Waals surface area contributed by atoms with E-state index in [1.807, 2.05) is 31.2 Å². The Hall–Kier alpha value is -2.07. The quantitative estimate of drug-likeness (QED) is 0.795. The van der Waals surface area contributed by atoms with Crippen LogP contribution in [0.1, 0.15) is 22.8 Å². The van der Waals surface area contributed by atoms with Gasteiger partial charge in [0.05, 0.1) is 6.61 Å². The number of pyridine rings is 1. The fourth-order valence-electron chi connectivity index (χ4n) is 1.96. The second-order valence-electron chi connectivity index (χ2n) is 4.61. The number of amides is 1. The number of carbonyl (C=O) groups is 1. The minimum absolute atomic E-state index is 0.0896. The Morgan fingerprint density at radius 3 is 2.62 bits per heavy atom. The lowest BCUT2D eigenvalue weighted by Crippen LogP contribution is -2.26. The van der Waals surface area contributed by atoms with Crippen molar-refractivity contribution >= 4 is 17.5 Å². The van der Waals surface area contributed by atoms with Crippen LogP contribution in [-0.2, 0) is 6.54 Å². The molecule has 0 N–H and O–H groups in total. The van der Waals surface area contributed by atoms with Crippen molar-refractivity contribution in [2.24, 2.45) is 0 Å². The third-order valence-electron chi connectivity index (χ3n) is 2.97. The number of hydrogen-bond acceptors (Lipinski definition) is 3. The lowest BCUT2D eigenvalue weighted by Gasteiger charge is -2.17. The zero-order valence-electron chi connectivity index (χ0n) is 12.0.